The highest BCUT2D eigenvalue weighted by molar-refractivity contribution is 5.92. The summed E-state index contributed by atoms with van der Waals surface area (Å²) >= 11 is 0. The molecule has 0 heterocycles. The number of nitrogens with zero attached hydrogens (tertiary/aromatic N) is 2. The largest absolute Gasteiger partial charge is 0.449 e. The summed E-state index contributed by atoms with van der Waals surface area (Å²) in [5.74, 6) is -0.716. The minimum atomic E-state index is -0.815. The molecule has 5 heteroatoms. The lowest BCUT2D eigenvalue weighted by Gasteiger charge is -2.32. The number of rotatable bonds is 4. The van der Waals surface area contributed by atoms with Gasteiger partial charge >= 0.3 is 5.97 Å². The molecule has 0 spiro atoms. The molecule has 0 aliphatic heterocycles. The topological polar surface area (TPSA) is 70.4 Å². The van der Waals surface area contributed by atoms with E-state index in [0.29, 0.717) is 11.1 Å². The molecule has 0 N–H and O–H groups in total. The molecule has 0 bridgehead atoms. The Bertz CT molecular complexity index is 598. The smallest absolute Gasteiger partial charge is 0.338 e. The monoisotopic (exact) mass is 314 g/mol. The summed E-state index contributed by atoms with van der Waals surface area (Å²) in [5.41, 5.74) is 0.812. The van der Waals surface area contributed by atoms with Gasteiger partial charge in [0.25, 0.3) is 5.91 Å². The van der Waals surface area contributed by atoms with E-state index in [4.69, 9.17) is 10.00 Å². The summed E-state index contributed by atoms with van der Waals surface area (Å²) in [7, 11) is 1.78. The molecule has 23 heavy (non-hydrogen) atoms. The van der Waals surface area contributed by atoms with Gasteiger partial charge in [-0.05, 0) is 44.0 Å². The van der Waals surface area contributed by atoms with Gasteiger partial charge in [0.1, 0.15) is 0 Å². The van der Waals surface area contributed by atoms with Crippen molar-refractivity contribution in [3.8, 4) is 6.07 Å². The zero-order valence-corrected chi connectivity index (χ0v) is 13.6. The van der Waals surface area contributed by atoms with Crippen LogP contribution in [0.1, 0.15) is 54.9 Å². The van der Waals surface area contributed by atoms with Crippen LogP contribution in [0.4, 0.5) is 0 Å². The van der Waals surface area contributed by atoms with E-state index in [-0.39, 0.29) is 11.9 Å². The maximum Gasteiger partial charge on any atom is 0.338 e. The molecule has 5 nitrogen and oxygen atoms in total. The summed E-state index contributed by atoms with van der Waals surface area (Å²) in [6, 6.07) is 8.40. The number of hydrogen-bond acceptors (Lipinski definition) is 4. The summed E-state index contributed by atoms with van der Waals surface area (Å²) in [5, 5.41) is 8.75. The van der Waals surface area contributed by atoms with Gasteiger partial charge in [0.15, 0.2) is 6.10 Å². The summed E-state index contributed by atoms with van der Waals surface area (Å²) in [4.78, 5) is 26.2. The van der Waals surface area contributed by atoms with Crippen LogP contribution in [0, 0.1) is 11.3 Å². The molecule has 1 atom stereocenters. The number of amides is 1. The van der Waals surface area contributed by atoms with Crippen molar-refractivity contribution in [1.29, 1.82) is 5.26 Å². The zero-order chi connectivity index (χ0) is 16.8. The highest BCUT2D eigenvalue weighted by atomic mass is 16.5. The van der Waals surface area contributed by atoms with Crippen LogP contribution < -0.4 is 0 Å². The van der Waals surface area contributed by atoms with E-state index >= 15 is 0 Å². The second-order valence-corrected chi connectivity index (χ2v) is 5.98. The van der Waals surface area contributed by atoms with Crippen molar-refractivity contribution in [3.05, 3.63) is 35.4 Å². The van der Waals surface area contributed by atoms with Crippen molar-refractivity contribution in [3.63, 3.8) is 0 Å². The predicted molar refractivity (Wildman–Crippen MR) is 85.7 cm³/mol. The lowest BCUT2D eigenvalue weighted by molar-refractivity contribution is -0.141. The first-order chi connectivity index (χ1) is 11.0. The molecule has 122 valence electrons. The summed E-state index contributed by atoms with van der Waals surface area (Å²) in [6.45, 7) is 1.60. The Morgan fingerprint density at radius 3 is 2.39 bits per heavy atom. The number of likely N-dealkylation sites (N-methyl/N-ethyl adjacent to an activating group) is 1. The highest BCUT2D eigenvalue weighted by Gasteiger charge is 2.27. The van der Waals surface area contributed by atoms with Gasteiger partial charge in [0.05, 0.1) is 17.2 Å². The van der Waals surface area contributed by atoms with Gasteiger partial charge in [-0.15, -0.1) is 0 Å². The van der Waals surface area contributed by atoms with Crippen LogP contribution in [-0.2, 0) is 9.53 Å². The molecule has 0 saturated heterocycles. The van der Waals surface area contributed by atoms with E-state index in [1.807, 2.05) is 6.07 Å². The first-order valence-corrected chi connectivity index (χ1v) is 8.00. The number of benzene rings is 1. The third-order valence-electron chi connectivity index (χ3n) is 4.35. The Morgan fingerprint density at radius 2 is 1.83 bits per heavy atom. The van der Waals surface area contributed by atoms with Crippen molar-refractivity contribution >= 4 is 11.9 Å². The molecule has 2 rings (SSSR count). The van der Waals surface area contributed by atoms with Crippen LogP contribution in [0.15, 0.2) is 24.3 Å². The average molecular weight is 314 g/mol. The SMILES string of the molecule is C[C@@H](OC(=O)c1ccc(C#N)cc1)C(=O)N(C)C1CCCCC1. The molecule has 1 aliphatic rings. The standard InChI is InChI=1S/C18H22N2O3/c1-13(17(21)20(2)16-6-4-3-5-7-16)23-18(22)15-10-8-14(12-19)9-11-15/h8-11,13,16H,3-7H2,1-2H3/t13-/m1/s1. The predicted octanol–water partition coefficient (Wildman–Crippen LogP) is 2.89. The van der Waals surface area contributed by atoms with E-state index < -0.39 is 12.1 Å². The molecule has 0 radical (unpaired) electrons. The number of carbonyl (C=O) groups excluding carboxylic acids is 2. The molecule has 1 aromatic rings. The molecule has 0 unspecified atom stereocenters. The Kier molecular flexibility index (Phi) is 5.75. The number of hydrogen-bond donors (Lipinski definition) is 0. The van der Waals surface area contributed by atoms with Gasteiger partial charge in [-0.3, -0.25) is 4.79 Å². The lowest BCUT2D eigenvalue weighted by atomic mass is 9.94. The normalized spacial score (nSPS) is 16.2. The van der Waals surface area contributed by atoms with Crippen molar-refractivity contribution < 1.29 is 14.3 Å². The zero-order valence-electron chi connectivity index (χ0n) is 13.6. The Labute approximate surface area is 136 Å². The lowest BCUT2D eigenvalue weighted by Crippen LogP contribution is -2.44. The molecule has 1 saturated carbocycles. The number of esters is 1. The minimum Gasteiger partial charge on any atom is -0.449 e. The van der Waals surface area contributed by atoms with Gasteiger partial charge in [0.2, 0.25) is 0 Å². The first kappa shape index (κ1) is 17.0. The van der Waals surface area contributed by atoms with Gasteiger partial charge in [0, 0.05) is 13.1 Å². The van der Waals surface area contributed by atoms with Crippen molar-refractivity contribution in [1.82, 2.24) is 4.90 Å². The second kappa shape index (κ2) is 7.77. The molecule has 1 aliphatic carbocycles. The van der Waals surface area contributed by atoms with Gasteiger partial charge in [-0.2, -0.15) is 5.26 Å². The molecule has 1 fully saturated rings. The number of carbonyl (C=O) groups is 2. The van der Waals surface area contributed by atoms with Crippen LogP contribution in [-0.4, -0.2) is 36.0 Å². The fourth-order valence-corrected chi connectivity index (χ4v) is 2.89. The van der Waals surface area contributed by atoms with Crippen molar-refractivity contribution in [2.45, 2.75) is 51.2 Å². The Balaban J connectivity index is 1.93. The maximum atomic E-state index is 12.4. The summed E-state index contributed by atoms with van der Waals surface area (Å²) in [6.07, 6.45) is 4.72. The van der Waals surface area contributed by atoms with Gasteiger partial charge in [-0.25, -0.2) is 4.79 Å². The third-order valence-corrected chi connectivity index (χ3v) is 4.35. The van der Waals surface area contributed by atoms with E-state index in [1.165, 1.54) is 18.6 Å². The molecule has 0 aromatic heterocycles. The van der Waals surface area contributed by atoms with Crippen LogP contribution >= 0.6 is 0 Å². The quantitative estimate of drug-likeness (QED) is 0.801. The maximum absolute atomic E-state index is 12.4. The van der Waals surface area contributed by atoms with E-state index in [1.54, 1.807) is 31.0 Å². The molecular weight excluding hydrogens is 292 g/mol. The first-order valence-electron chi connectivity index (χ1n) is 8.00. The van der Waals surface area contributed by atoms with Crippen molar-refractivity contribution in [2.24, 2.45) is 0 Å². The van der Waals surface area contributed by atoms with Crippen LogP contribution in [0.2, 0.25) is 0 Å². The fraction of sp³-hybridized carbons (Fsp3) is 0.500. The van der Waals surface area contributed by atoms with Crippen LogP contribution in [0.25, 0.3) is 0 Å². The molecule has 1 aromatic carbocycles. The molecular formula is C18H22N2O3. The molecule has 1 amide bonds. The Hall–Kier alpha value is -2.35. The van der Waals surface area contributed by atoms with Crippen molar-refractivity contribution in [2.75, 3.05) is 7.05 Å². The summed E-state index contributed by atoms with van der Waals surface area (Å²) < 4.78 is 5.27. The third kappa shape index (κ3) is 4.32. The average Bonchev–Trinajstić information content (AvgIpc) is 2.61. The van der Waals surface area contributed by atoms with E-state index in [2.05, 4.69) is 0 Å². The van der Waals surface area contributed by atoms with Crippen LogP contribution in [0.3, 0.4) is 0 Å². The second-order valence-electron chi connectivity index (χ2n) is 5.98. The van der Waals surface area contributed by atoms with Crippen LogP contribution in [0.5, 0.6) is 0 Å². The van der Waals surface area contributed by atoms with E-state index in [0.717, 1.165) is 25.7 Å². The van der Waals surface area contributed by atoms with E-state index in [9.17, 15) is 9.59 Å². The van der Waals surface area contributed by atoms with Gasteiger partial charge in [-0.1, -0.05) is 19.3 Å². The van der Waals surface area contributed by atoms with Gasteiger partial charge < -0.3 is 9.64 Å². The minimum absolute atomic E-state index is 0.168. The Morgan fingerprint density at radius 1 is 1.22 bits per heavy atom. The highest BCUT2D eigenvalue weighted by Crippen LogP contribution is 2.22. The number of nitriles is 1. The fourth-order valence-electron chi connectivity index (χ4n) is 2.89. The number of ether oxygens (including phenoxy) is 1.